The highest BCUT2D eigenvalue weighted by Crippen LogP contribution is 2.39. The molecule has 0 radical (unpaired) electrons. The van der Waals surface area contributed by atoms with Crippen LogP contribution in [0.25, 0.3) is 66.4 Å². The van der Waals surface area contributed by atoms with Crippen LogP contribution in [0.3, 0.4) is 0 Å². The Morgan fingerprint density at radius 2 is 0.979 bits per heavy atom. The van der Waals surface area contributed by atoms with Crippen LogP contribution in [0.5, 0.6) is 0 Å². The van der Waals surface area contributed by atoms with Crippen LogP contribution in [-0.2, 0) is 0 Å². The molecule has 48 heavy (non-hydrogen) atoms. The van der Waals surface area contributed by atoms with E-state index in [-0.39, 0.29) is 0 Å². The summed E-state index contributed by atoms with van der Waals surface area (Å²) in [6.45, 7) is 0. The molecule has 0 amide bonds. The number of para-hydroxylation sites is 1. The lowest BCUT2D eigenvalue weighted by Gasteiger charge is -2.26. The molecule has 0 aliphatic heterocycles. The average Bonchev–Trinajstić information content (AvgIpc) is 3.61. The number of hydrogen-bond donors (Lipinski definition) is 0. The molecular weight excluding hydrogens is 585 g/mol. The van der Waals surface area contributed by atoms with Crippen LogP contribution < -0.4 is 4.90 Å². The number of aromatic nitrogens is 1. The first kappa shape index (κ1) is 27.8. The minimum absolute atomic E-state index is 0.629. The van der Waals surface area contributed by atoms with Crippen LogP contribution in [-0.4, -0.2) is 4.98 Å². The standard InChI is InChI=1S/C45H30N2O/c1-2-12-35(13-3-1)45-46-44-42(18-9-19-43(44)48-45)34-23-27-38(28-24-34)47(39-29-20-31-10-4-5-14-36(31)30-39)37-25-21-33(22-26-37)41-17-8-15-32-11-6-7-16-40(32)41/h1-30H. The molecule has 0 saturated carbocycles. The smallest absolute Gasteiger partial charge is 0.227 e. The molecule has 0 aliphatic carbocycles. The van der Waals surface area contributed by atoms with Gasteiger partial charge < -0.3 is 9.32 Å². The summed E-state index contributed by atoms with van der Waals surface area (Å²) in [4.78, 5) is 7.24. The third-order valence-corrected chi connectivity index (χ3v) is 9.09. The van der Waals surface area contributed by atoms with Crippen LogP contribution in [0.1, 0.15) is 0 Å². The van der Waals surface area contributed by atoms with Gasteiger partial charge in [0.2, 0.25) is 5.89 Å². The summed E-state index contributed by atoms with van der Waals surface area (Å²) >= 11 is 0. The van der Waals surface area contributed by atoms with E-state index >= 15 is 0 Å². The molecule has 0 unspecified atom stereocenters. The summed E-state index contributed by atoms with van der Waals surface area (Å²) in [6, 6.07) is 64.1. The van der Waals surface area contributed by atoms with Crippen molar-refractivity contribution in [2.45, 2.75) is 0 Å². The van der Waals surface area contributed by atoms with Crippen molar-refractivity contribution < 1.29 is 4.42 Å². The predicted octanol–water partition coefficient (Wildman–Crippen LogP) is 12.6. The normalized spacial score (nSPS) is 11.3. The van der Waals surface area contributed by atoms with Crippen LogP contribution >= 0.6 is 0 Å². The molecule has 0 aliphatic rings. The summed E-state index contributed by atoms with van der Waals surface area (Å²) in [7, 11) is 0. The maximum absolute atomic E-state index is 6.17. The van der Waals surface area contributed by atoms with Crippen molar-refractivity contribution in [2.24, 2.45) is 0 Å². The van der Waals surface area contributed by atoms with Crippen LogP contribution in [0.4, 0.5) is 17.1 Å². The van der Waals surface area contributed by atoms with E-state index < -0.39 is 0 Å². The molecule has 0 saturated heterocycles. The molecule has 9 aromatic rings. The fourth-order valence-electron chi connectivity index (χ4n) is 6.71. The highest BCUT2D eigenvalue weighted by atomic mass is 16.3. The van der Waals surface area contributed by atoms with Crippen molar-refractivity contribution in [3.8, 4) is 33.7 Å². The number of nitrogens with zero attached hydrogens (tertiary/aromatic N) is 2. The second kappa shape index (κ2) is 11.7. The minimum atomic E-state index is 0.629. The van der Waals surface area contributed by atoms with E-state index in [0.717, 1.165) is 44.9 Å². The Hall–Kier alpha value is -6.45. The first-order valence-electron chi connectivity index (χ1n) is 16.2. The SMILES string of the molecule is c1ccc(-c2nc3c(-c4ccc(N(c5ccc(-c6cccc7ccccc67)cc5)c5ccc6ccccc6c5)cc4)cccc3o2)cc1. The largest absolute Gasteiger partial charge is 0.436 e. The van der Waals surface area contributed by atoms with E-state index in [2.05, 4.69) is 144 Å². The summed E-state index contributed by atoms with van der Waals surface area (Å²) in [6.07, 6.45) is 0. The summed E-state index contributed by atoms with van der Waals surface area (Å²) in [5.41, 5.74) is 10.4. The van der Waals surface area contributed by atoms with Crippen LogP contribution in [0.15, 0.2) is 186 Å². The molecule has 1 aromatic heterocycles. The van der Waals surface area contributed by atoms with Gasteiger partial charge in [-0.15, -0.1) is 0 Å². The van der Waals surface area contributed by atoms with Crippen molar-refractivity contribution in [2.75, 3.05) is 4.90 Å². The van der Waals surface area contributed by atoms with Gasteiger partial charge in [-0.05, 0) is 92.8 Å². The molecule has 3 heteroatoms. The van der Waals surface area contributed by atoms with E-state index in [4.69, 9.17) is 9.40 Å². The Morgan fingerprint density at radius 3 is 1.75 bits per heavy atom. The molecule has 3 nitrogen and oxygen atoms in total. The summed E-state index contributed by atoms with van der Waals surface area (Å²) < 4.78 is 6.17. The predicted molar refractivity (Wildman–Crippen MR) is 200 cm³/mol. The van der Waals surface area contributed by atoms with E-state index in [1.807, 2.05) is 42.5 Å². The average molecular weight is 615 g/mol. The number of oxazole rings is 1. The van der Waals surface area contributed by atoms with Crippen LogP contribution in [0.2, 0.25) is 0 Å². The number of hydrogen-bond acceptors (Lipinski definition) is 3. The molecule has 0 bridgehead atoms. The Kier molecular flexibility index (Phi) is 6.80. The second-order valence-corrected chi connectivity index (χ2v) is 12.0. The van der Waals surface area contributed by atoms with Gasteiger partial charge in [-0.1, -0.05) is 127 Å². The third-order valence-electron chi connectivity index (χ3n) is 9.09. The Labute approximate surface area is 279 Å². The zero-order chi connectivity index (χ0) is 31.9. The molecule has 0 fully saturated rings. The van der Waals surface area contributed by atoms with Crippen molar-refractivity contribution in [3.63, 3.8) is 0 Å². The fourth-order valence-corrected chi connectivity index (χ4v) is 6.71. The third kappa shape index (κ3) is 4.99. The summed E-state index contributed by atoms with van der Waals surface area (Å²) in [5, 5.41) is 4.93. The van der Waals surface area contributed by atoms with Crippen molar-refractivity contribution in [1.82, 2.24) is 4.98 Å². The Bertz CT molecular complexity index is 2540. The van der Waals surface area contributed by atoms with Gasteiger partial charge in [-0.3, -0.25) is 0 Å². The van der Waals surface area contributed by atoms with E-state index in [1.54, 1.807) is 0 Å². The van der Waals surface area contributed by atoms with Crippen LogP contribution in [0, 0.1) is 0 Å². The van der Waals surface area contributed by atoms with E-state index in [0.29, 0.717) is 5.89 Å². The maximum atomic E-state index is 6.17. The second-order valence-electron chi connectivity index (χ2n) is 12.0. The molecule has 9 rings (SSSR count). The zero-order valence-electron chi connectivity index (χ0n) is 26.1. The van der Waals surface area contributed by atoms with E-state index in [9.17, 15) is 0 Å². The Balaban J connectivity index is 1.12. The number of benzene rings is 8. The van der Waals surface area contributed by atoms with Crippen molar-refractivity contribution >= 4 is 49.7 Å². The first-order valence-corrected chi connectivity index (χ1v) is 16.2. The highest BCUT2D eigenvalue weighted by Gasteiger charge is 2.16. The topological polar surface area (TPSA) is 29.3 Å². The molecule has 0 spiro atoms. The van der Waals surface area contributed by atoms with Gasteiger partial charge in [-0.25, -0.2) is 4.98 Å². The lowest BCUT2D eigenvalue weighted by Crippen LogP contribution is -2.09. The summed E-state index contributed by atoms with van der Waals surface area (Å²) in [5.74, 6) is 0.629. The van der Waals surface area contributed by atoms with Gasteiger partial charge in [0.1, 0.15) is 5.52 Å². The quantitative estimate of drug-likeness (QED) is 0.187. The highest BCUT2D eigenvalue weighted by molar-refractivity contribution is 5.97. The number of rotatable bonds is 6. The monoisotopic (exact) mass is 614 g/mol. The van der Waals surface area contributed by atoms with Gasteiger partial charge in [0.15, 0.2) is 5.58 Å². The maximum Gasteiger partial charge on any atom is 0.227 e. The fraction of sp³-hybridized carbons (Fsp3) is 0. The molecular formula is C45H30N2O. The molecule has 1 heterocycles. The van der Waals surface area contributed by atoms with E-state index in [1.165, 1.54) is 32.7 Å². The van der Waals surface area contributed by atoms with Crippen molar-refractivity contribution in [3.05, 3.63) is 182 Å². The Morgan fingerprint density at radius 1 is 0.396 bits per heavy atom. The lowest BCUT2D eigenvalue weighted by molar-refractivity contribution is 0.620. The van der Waals surface area contributed by atoms with Crippen molar-refractivity contribution in [1.29, 1.82) is 0 Å². The molecule has 0 N–H and O–H groups in total. The van der Waals surface area contributed by atoms with Gasteiger partial charge in [0.05, 0.1) is 0 Å². The van der Waals surface area contributed by atoms with Gasteiger partial charge >= 0.3 is 0 Å². The van der Waals surface area contributed by atoms with Gasteiger partial charge in [0, 0.05) is 28.2 Å². The molecule has 8 aromatic carbocycles. The first-order chi connectivity index (χ1) is 23.8. The van der Waals surface area contributed by atoms with Gasteiger partial charge in [0.25, 0.3) is 0 Å². The molecule has 0 atom stereocenters. The lowest BCUT2D eigenvalue weighted by atomic mass is 9.98. The van der Waals surface area contributed by atoms with Gasteiger partial charge in [-0.2, -0.15) is 0 Å². The molecule has 226 valence electrons. The number of fused-ring (bicyclic) bond motifs is 3. The number of anilines is 3. The zero-order valence-corrected chi connectivity index (χ0v) is 26.1. The minimum Gasteiger partial charge on any atom is -0.436 e.